The molecule has 2 fully saturated rings. The highest BCUT2D eigenvalue weighted by molar-refractivity contribution is 5.94. The van der Waals surface area contributed by atoms with Gasteiger partial charge in [-0.2, -0.15) is 0 Å². The maximum Gasteiger partial charge on any atom is 0.252 e. The molecule has 0 aliphatic carbocycles. The van der Waals surface area contributed by atoms with Crippen LogP contribution in [0.5, 0.6) is 5.75 Å². The quantitative estimate of drug-likeness (QED) is 0.875. The van der Waals surface area contributed by atoms with E-state index in [0.717, 1.165) is 6.54 Å². The number of rotatable bonds is 3. The van der Waals surface area contributed by atoms with Gasteiger partial charge in [-0.1, -0.05) is 0 Å². The van der Waals surface area contributed by atoms with E-state index in [4.69, 9.17) is 0 Å². The SMILES string of the molecule is CN1C2CCC1CC(CNC(=O)c1cncc(O)c1)C2. The van der Waals surface area contributed by atoms with Crippen LogP contribution in [-0.2, 0) is 0 Å². The lowest BCUT2D eigenvalue weighted by Crippen LogP contribution is -2.43. The second-order valence-electron chi connectivity index (χ2n) is 6.03. The Morgan fingerprint density at radius 3 is 2.75 bits per heavy atom. The Bertz CT molecular complexity index is 492. The Morgan fingerprint density at radius 2 is 2.10 bits per heavy atom. The van der Waals surface area contributed by atoms with Crippen LogP contribution >= 0.6 is 0 Å². The molecule has 2 bridgehead atoms. The van der Waals surface area contributed by atoms with Crippen molar-refractivity contribution in [2.45, 2.75) is 37.8 Å². The third-order valence-corrected chi connectivity index (χ3v) is 4.73. The van der Waals surface area contributed by atoms with Crippen LogP contribution in [0.15, 0.2) is 18.5 Å². The molecule has 2 aliphatic heterocycles. The summed E-state index contributed by atoms with van der Waals surface area (Å²) in [5, 5.41) is 12.3. The standard InChI is InChI=1S/C15H21N3O2/c1-18-12-2-3-13(18)5-10(4-12)7-17-15(20)11-6-14(19)9-16-8-11/h6,8-10,12-13,19H,2-5,7H2,1H3,(H,17,20). The van der Waals surface area contributed by atoms with Gasteiger partial charge in [0.25, 0.3) is 5.91 Å². The molecule has 3 rings (SSSR count). The molecule has 0 aromatic carbocycles. The Balaban J connectivity index is 1.54. The van der Waals surface area contributed by atoms with Crippen molar-refractivity contribution in [3.8, 4) is 5.75 Å². The second kappa shape index (κ2) is 5.40. The number of nitrogens with one attached hydrogen (secondary N) is 1. The van der Waals surface area contributed by atoms with Gasteiger partial charge < -0.3 is 15.3 Å². The molecule has 5 nitrogen and oxygen atoms in total. The number of carbonyl (C=O) groups excluding carboxylic acids is 1. The molecule has 20 heavy (non-hydrogen) atoms. The number of aromatic nitrogens is 1. The van der Waals surface area contributed by atoms with Gasteiger partial charge >= 0.3 is 0 Å². The average Bonchev–Trinajstić information content (AvgIpc) is 2.66. The number of hydrogen-bond donors (Lipinski definition) is 2. The number of pyridine rings is 1. The molecule has 108 valence electrons. The van der Waals surface area contributed by atoms with Gasteiger partial charge in [-0.3, -0.25) is 9.78 Å². The van der Waals surface area contributed by atoms with Crippen molar-refractivity contribution in [2.75, 3.05) is 13.6 Å². The van der Waals surface area contributed by atoms with Gasteiger partial charge in [0, 0.05) is 24.8 Å². The summed E-state index contributed by atoms with van der Waals surface area (Å²) in [6, 6.07) is 2.83. The Hall–Kier alpha value is -1.62. The van der Waals surface area contributed by atoms with E-state index in [1.54, 1.807) is 0 Å². The first-order chi connectivity index (χ1) is 9.63. The molecule has 1 aromatic heterocycles. The zero-order valence-corrected chi connectivity index (χ0v) is 11.7. The molecule has 2 N–H and O–H groups in total. The fraction of sp³-hybridized carbons (Fsp3) is 0.600. The summed E-state index contributed by atoms with van der Waals surface area (Å²) in [6.45, 7) is 0.718. The van der Waals surface area contributed by atoms with Crippen molar-refractivity contribution in [2.24, 2.45) is 5.92 Å². The third kappa shape index (κ3) is 2.63. The van der Waals surface area contributed by atoms with Crippen LogP contribution in [0, 0.1) is 5.92 Å². The summed E-state index contributed by atoms with van der Waals surface area (Å²) in [5.41, 5.74) is 0.417. The van der Waals surface area contributed by atoms with Crippen molar-refractivity contribution in [1.29, 1.82) is 0 Å². The van der Waals surface area contributed by atoms with Gasteiger partial charge in [0.15, 0.2) is 0 Å². The molecule has 0 saturated carbocycles. The second-order valence-corrected chi connectivity index (χ2v) is 6.03. The Morgan fingerprint density at radius 1 is 1.40 bits per heavy atom. The number of fused-ring (bicyclic) bond motifs is 2. The van der Waals surface area contributed by atoms with Gasteiger partial charge in [0.1, 0.15) is 5.75 Å². The molecule has 1 amide bonds. The molecule has 5 heteroatoms. The topological polar surface area (TPSA) is 65.5 Å². The highest BCUT2D eigenvalue weighted by Gasteiger charge is 2.38. The molecule has 0 spiro atoms. The highest BCUT2D eigenvalue weighted by Crippen LogP contribution is 2.36. The summed E-state index contributed by atoms with van der Waals surface area (Å²) in [6.07, 6.45) is 7.74. The summed E-state index contributed by atoms with van der Waals surface area (Å²) in [7, 11) is 2.22. The largest absolute Gasteiger partial charge is 0.506 e. The van der Waals surface area contributed by atoms with E-state index < -0.39 is 0 Å². The van der Waals surface area contributed by atoms with Gasteiger partial charge in [0.2, 0.25) is 0 Å². The first-order valence-corrected chi connectivity index (χ1v) is 7.27. The first-order valence-electron chi connectivity index (χ1n) is 7.27. The number of aromatic hydroxyl groups is 1. The number of hydrogen-bond acceptors (Lipinski definition) is 4. The lowest BCUT2D eigenvalue weighted by Gasteiger charge is -2.36. The number of nitrogens with zero attached hydrogens (tertiary/aromatic N) is 2. The molecular formula is C15H21N3O2. The molecule has 2 unspecified atom stereocenters. The van der Waals surface area contributed by atoms with Crippen molar-refractivity contribution < 1.29 is 9.90 Å². The third-order valence-electron chi connectivity index (χ3n) is 4.73. The van der Waals surface area contributed by atoms with Crippen LogP contribution in [-0.4, -0.2) is 46.6 Å². The molecular weight excluding hydrogens is 254 g/mol. The van der Waals surface area contributed by atoms with Crippen LogP contribution in [0.1, 0.15) is 36.0 Å². The number of carbonyl (C=O) groups is 1. The van der Waals surface area contributed by atoms with E-state index in [9.17, 15) is 9.90 Å². The normalized spacial score (nSPS) is 29.4. The maximum atomic E-state index is 12.0. The molecule has 2 aliphatic rings. The zero-order valence-electron chi connectivity index (χ0n) is 11.7. The van der Waals surface area contributed by atoms with Crippen molar-refractivity contribution >= 4 is 5.91 Å². The average molecular weight is 275 g/mol. The molecule has 3 heterocycles. The van der Waals surface area contributed by atoms with Gasteiger partial charge in [-0.25, -0.2) is 0 Å². The fourth-order valence-electron chi connectivity index (χ4n) is 3.58. The van der Waals surface area contributed by atoms with Gasteiger partial charge in [-0.05, 0) is 44.7 Å². The lowest BCUT2D eigenvalue weighted by atomic mass is 9.91. The molecule has 0 radical (unpaired) electrons. The zero-order chi connectivity index (χ0) is 14.1. The van der Waals surface area contributed by atoms with Crippen LogP contribution in [0.3, 0.4) is 0 Å². The summed E-state index contributed by atoms with van der Waals surface area (Å²) < 4.78 is 0. The number of piperidine rings is 1. The monoisotopic (exact) mass is 275 g/mol. The number of amides is 1. The van der Waals surface area contributed by atoms with Crippen molar-refractivity contribution in [1.82, 2.24) is 15.2 Å². The minimum Gasteiger partial charge on any atom is -0.506 e. The lowest BCUT2D eigenvalue weighted by molar-refractivity contribution is 0.0916. The van der Waals surface area contributed by atoms with Crippen LogP contribution in [0.4, 0.5) is 0 Å². The van der Waals surface area contributed by atoms with E-state index in [-0.39, 0.29) is 11.7 Å². The highest BCUT2D eigenvalue weighted by atomic mass is 16.3. The minimum absolute atomic E-state index is 0.0231. The van der Waals surface area contributed by atoms with Crippen LogP contribution in [0.2, 0.25) is 0 Å². The maximum absolute atomic E-state index is 12.0. The van der Waals surface area contributed by atoms with E-state index >= 15 is 0 Å². The summed E-state index contributed by atoms with van der Waals surface area (Å²) in [4.78, 5) is 18.3. The molecule has 1 aromatic rings. The summed E-state index contributed by atoms with van der Waals surface area (Å²) in [5.74, 6) is 0.438. The van der Waals surface area contributed by atoms with E-state index in [0.29, 0.717) is 23.6 Å². The van der Waals surface area contributed by atoms with Crippen molar-refractivity contribution in [3.63, 3.8) is 0 Å². The van der Waals surface area contributed by atoms with Gasteiger partial charge in [-0.15, -0.1) is 0 Å². The fourth-order valence-corrected chi connectivity index (χ4v) is 3.58. The summed E-state index contributed by atoms with van der Waals surface area (Å²) >= 11 is 0. The molecule has 2 atom stereocenters. The Labute approximate surface area is 119 Å². The first kappa shape index (κ1) is 13.4. The van der Waals surface area contributed by atoms with E-state index in [2.05, 4.69) is 22.2 Å². The molecule has 2 saturated heterocycles. The predicted molar refractivity (Wildman–Crippen MR) is 75.5 cm³/mol. The smallest absolute Gasteiger partial charge is 0.252 e. The van der Waals surface area contributed by atoms with Gasteiger partial charge in [0.05, 0.1) is 11.8 Å². The minimum atomic E-state index is -0.153. The van der Waals surface area contributed by atoms with E-state index in [1.165, 1.54) is 44.1 Å². The van der Waals surface area contributed by atoms with E-state index in [1.807, 2.05) is 0 Å². The van der Waals surface area contributed by atoms with Crippen molar-refractivity contribution in [3.05, 3.63) is 24.0 Å². The van der Waals surface area contributed by atoms with Crippen LogP contribution in [0.25, 0.3) is 0 Å². The van der Waals surface area contributed by atoms with Crippen LogP contribution < -0.4 is 5.32 Å². The predicted octanol–water partition coefficient (Wildman–Crippen LogP) is 1.39. The Kier molecular flexibility index (Phi) is 3.61.